The molecule has 6 heteroatoms. The first-order valence-electron chi connectivity index (χ1n) is 7.17. The molecule has 0 spiro atoms. The molecule has 112 valence electrons. The van der Waals surface area contributed by atoms with Crippen LogP contribution in [-0.4, -0.2) is 27.8 Å². The van der Waals surface area contributed by atoms with Crippen LogP contribution in [0.25, 0.3) is 0 Å². The molecule has 2 rings (SSSR count). The first-order chi connectivity index (χ1) is 9.41. The normalized spacial score (nSPS) is 26.7. The lowest BCUT2D eigenvalue weighted by Gasteiger charge is -2.39. The smallest absolute Gasteiger partial charge is 0.237 e. The summed E-state index contributed by atoms with van der Waals surface area (Å²) in [4.78, 5) is 11.9. The lowest BCUT2D eigenvalue weighted by atomic mass is 9.78. The Bertz CT molecular complexity index is 510. The Morgan fingerprint density at radius 2 is 2.30 bits per heavy atom. The van der Waals surface area contributed by atoms with Crippen molar-refractivity contribution >= 4 is 21.8 Å². The molecule has 2 unspecified atom stereocenters. The van der Waals surface area contributed by atoms with E-state index in [-0.39, 0.29) is 11.9 Å². The summed E-state index contributed by atoms with van der Waals surface area (Å²) in [6, 6.07) is 0.222. The molecule has 0 aromatic carbocycles. The third kappa shape index (κ3) is 2.63. The monoisotopic (exact) mass is 342 g/mol. The summed E-state index contributed by atoms with van der Waals surface area (Å²) in [5, 5.41) is 7.92. The largest absolute Gasteiger partial charge is 0.368 e. The van der Waals surface area contributed by atoms with Gasteiger partial charge in [0.1, 0.15) is 0 Å². The number of likely N-dealkylation sites (N-methyl/N-ethyl adjacent to an activating group) is 1. The summed E-state index contributed by atoms with van der Waals surface area (Å²) >= 11 is 3.56. The number of carbonyl (C=O) groups is 1. The van der Waals surface area contributed by atoms with E-state index in [9.17, 15) is 4.79 Å². The van der Waals surface area contributed by atoms with Crippen molar-refractivity contribution in [2.75, 3.05) is 6.54 Å². The number of amides is 1. The molecule has 1 aliphatic carbocycles. The van der Waals surface area contributed by atoms with Gasteiger partial charge in [0.2, 0.25) is 5.91 Å². The Hall–Kier alpha value is -0.880. The molecule has 0 radical (unpaired) electrons. The molecule has 1 aromatic heterocycles. The number of hydrogen-bond donors (Lipinski definition) is 2. The Morgan fingerprint density at radius 3 is 2.80 bits per heavy atom. The summed E-state index contributed by atoms with van der Waals surface area (Å²) in [6.45, 7) is 6.80. The second-order valence-electron chi connectivity index (χ2n) is 5.66. The molecule has 0 saturated heterocycles. The molecule has 0 bridgehead atoms. The van der Waals surface area contributed by atoms with Crippen LogP contribution in [-0.2, 0) is 4.79 Å². The van der Waals surface area contributed by atoms with E-state index in [1.54, 1.807) is 0 Å². The van der Waals surface area contributed by atoms with Crippen molar-refractivity contribution in [1.82, 2.24) is 15.1 Å². The summed E-state index contributed by atoms with van der Waals surface area (Å²) in [6.07, 6.45) is 3.54. The van der Waals surface area contributed by atoms with E-state index in [1.165, 1.54) is 0 Å². The predicted molar refractivity (Wildman–Crippen MR) is 82.5 cm³/mol. The van der Waals surface area contributed by atoms with Crippen LogP contribution in [0.15, 0.2) is 4.47 Å². The van der Waals surface area contributed by atoms with Crippen molar-refractivity contribution in [3.05, 3.63) is 15.9 Å². The van der Waals surface area contributed by atoms with Crippen molar-refractivity contribution in [2.24, 2.45) is 5.73 Å². The second kappa shape index (κ2) is 5.85. The van der Waals surface area contributed by atoms with Gasteiger partial charge in [0.15, 0.2) is 0 Å². The molecule has 1 saturated carbocycles. The lowest BCUT2D eigenvalue weighted by molar-refractivity contribution is -0.126. The molecule has 1 heterocycles. The van der Waals surface area contributed by atoms with E-state index in [4.69, 9.17) is 5.73 Å². The zero-order chi connectivity index (χ0) is 14.9. The van der Waals surface area contributed by atoms with Gasteiger partial charge < -0.3 is 11.1 Å². The fraction of sp³-hybridized carbons (Fsp3) is 0.714. The van der Waals surface area contributed by atoms with Crippen LogP contribution in [0.3, 0.4) is 0 Å². The second-order valence-corrected chi connectivity index (χ2v) is 6.45. The van der Waals surface area contributed by atoms with Crippen molar-refractivity contribution in [3.63, 3.8) is 0 Å². The molecule has 20 heavy (non-hydrogen) atoms. The van der Waals surface area contributed by atoms with Crippen LogP contribution in [0.2, 0.25) is 0 Å². The number of nitrogens with two attached hydrogens (primary N) is 1. The molecule has 1 aliphatic rings. The average Bonchev–Trinajstić information content (AvgIpc) is 2.67. The van der Waals surface area contributed by atoms with Gasteiger partial charge in [-0.05, 0) is 62.0 Å². The molecule has 2 atom stereocenters. The van der Waals surface area contributed by atoms with E-state index in [1.807, 2.05) is 18.5 Å². The number of carbonyl (C=O) groups excluding carboxylic acids is 1. The van der Waals surface area contributed by atoms with Crippen molar-refractivity contribution in [1.29, 1.82) is 0 Å². The number of aryl methyl sites for hydroxylation is 1. The van der Waals surface area contributed by atoms with Gasteiger partial charge in [-0.1, -0.05) is 6.92 Å². The van der Waals surface area contributed by atoms with Crippen LogP contribution in [0.1, 0.15) is 50.0 Å². The zero-order valence-electron chi connectivity index (χ0n) is 12.4. The Kier molecular flexibility index (Phi) is 4.54. The lowest BCUT2D eigenvalue weighted by Crippen LogP contribution is -2.58. The quantitative estimate of drug-likeness (QED) is 0.880. The number of primary amides is 1. The minimum atomic E-state index is -0.587. The fourth-order valence-electron chi connectivity index (χ4n) is 3.26. The maximum absolute atomic E-state index is 11.9. The van der Waals surface area contributed by atoms with Gasteiger partial charge in [-0.25, -0.2) is 0 Å². The highest BCUT2D eigenvalue weighted by molar-refractivity contribution is 9.10. The van der Waals surface area contributed by atoms with Crippen LogP contribution in [0.4, 0.5) is 0 Å². The number of aromatic nitrogens is 2. The topological polar surface area (TPSA) is 72.9 Å². The number of halogens is 1. The average molecular weight is 343 g/mol. The maximum atomic E-state index is 11.9. The predicted octanol–water partition coefficient (Wildman–Crippen LogP) is 2.21. The fourth-order valence-corrected chi connectivity index (χ4v) is 3.52. The summed E-state index contributed by atoms with van der Waals surface area (Å²) in [7, 11) is 0. The van der Waals surface area contributed by atoms with E-state index in [2.05, 4.69) is 33.3 Å². The third-order valence-corrected chi connectivity index (χ3v) is 5.44. The van der Waals surface area contributed by atoms with Crippen molar-refractivity contribution < 1.29 is 4.79 Å². The van der Waals surface area contributed by atoms with E-state index < -0.39 is 5.54 Å². The molecule has 1 fully saturated rings. The van der Waals surface area contributed by atoms with Crippen molar-refractivity contribution in [2.45, 2.75) is 58.0 Å². The molecule has 1 amide bonds. The highest BCUT2D eigenvalue weighted by atomic mass is 79.9. The van der Waals surface area contributed by atoms with Gasteiger partial charge in [0, 0.05) is 0 Å². The summed E-state index contributed by atoms with van der Waals surface area (Å²) < 4.78 is 3.10. The molecular weight excluding hydrogens is 320 g/mol. The number of nitrogens with zero attached hydrogens (tertiary/aromatic N) is 2. The SMILES string of the molecule is CCNC1(C(N)=O)CCCC(n2nc(C)c(Br)c2C)C1. The van der Waals surface area contributed by atoms with E-state index >= 15 is 0 Å². The minimum Gasteiger partial charge on any atom is -0.368 e. The Labute approximate surface area is 128 Å². The zero-order valence-corrected chi connectivity index (χ0v) is 14.0. The Morgan fingerprint density at radius 1 is 1.60 bits per heavy atom. The third-order valence-electron chi connectivity index (χ3n) is 4.29. The van der Waals surface area contributed by atoms with E-state index in [0.29, 0.717) is 6.42 Å². The molecule has 0 aliphatic heterocycles. The summed E-state index contributed by atoms with van der Waals surface area (Å²) in [5.41, 5.74) is 7.18. The number of nitrogens with one attached hydrogen (secondary N) is 1. The molecule has 5 nitrogen and oxygen atoms in total. The van der Waals surface area contributed by atoms with Crippen LogP contribution < -0.4 is 11.1 Å². The van der Waals surface area contributed by atoms with Crippen molar-refractivity contribution in [3.8, 4) is 0 Å². The van der Waals surface area contributed by atoms with Crippen LogP contribution >= 0.6 is 15.9 Å². The van der Waals surface area contributed by atoms with Gasteiger partial charge in [-0.3, -0.25) is 9.48 Å². The minimum absolute atomic E-state index is 0.222. The van der Waals surface area contributed by atoms with Gasteiger partial charge in [-0.2, -0.15) is 5.10 Å². The summed E-state index contributed by atoms with van der Waals surface area (Å²) in [5.74, 6) is -0.246. The van der Waals surface area contributed by atoms with Crippen LogP contribution in [0, 0.1) is 13.8 Å². The number of rotatable bonds is 4. The highest BCUT2D eigenvalue weighted by Gasteiger charge is 2.41. The maximum Gasteiger partial charge on any atom is 0.237 e. The first-order valence-corrected chi connectivity index (χ1v) is 7.96. The standard InChI is InChI=1S/C14H23BrN4O/c1-4-17-14(13(16)20)7-5-6-11(8-14)19-10(3)12(15)9(2)18-19/h11,17H,4-8H2,1-3H3,(H2,16,20). The number of hydrogen-bond acceptors (Lipinski definition) is 3. The molecule has 3 N–H and O–H groups in total. The van der Waals surface area contributed by atoms with Crippen LogP contribution in [0.5, 0.6) is 0 Å². The van der Waals surface area contributed by atoms with Gasteiger partial charge in [0.25, 0.3) is 0 Å². The van der Waals surface area contributed by atoms with Gasteiger partial charge in [-0.15, -0.1) is 0 Å². The van der Waals surface area contributed by atoms with E-state index in [0.717, 1.165) is 41.7 Å². The molecule has 1 aromatic rings. The highest BCUT2D eigenvalue weighted by Crippen LogP contribution is 2.37. The molecular formula is C14H23BrN4O. The first kappa shape index (κ1) is 15.5. The van der Waals surface area contributed by atoms with Gasteiger partial charge >= 0.3 is 0 Å². The van der Waals surface area contributed by atoms with Gasteiger partial charge in [0.05, 0.1) is 27.4 Å². The Balaban J connectivity index is 2.29.